The summed E-state index contributed by atoms with van der Waals surface area (Å²) < 4.78 is 4.29. The third-order valence-electron chi connectivity index (χ3n) is 0.683. The minimum absolute atomic E-state index is 0.405. The van der Waals surface area contributed by atoms with Gasteiger partial charge in [0.25, 0.3) is 0 Å². The van der Waals surface area contributed by atoms with Crippen molar-refractivity contribution in [1.29, 1.82) is 0 Å². The number of thiophene rings is 1. The highest BCUT2D eigenvalue weighted by atomic mass is 32.1. The molecule has 0 aliphatic carbocycles. The molecule has 0 bridgehead atoms. The van der Waals surface area contributed by atoms with Crippen molar-refractivity contribution in [2.45, 2.75) is 0 Å². The standard InChI is InChI=1S/C5H4O3S/c6-5(7)8-4-2-1-3-9-4/h1-3H,(H,6,7). The van der Waals surface area contributed by atoms with Crippen molar-refractivity contribution in [3.63, 3.8) is 0 Å². The quantitative estimate of drug-likeness (QED) is 0.611. The first-order chi connectivity index (χ1) is 4.29. The Labute approximate surface area is 55.5 Å². The summed E-state index contributed by atoms with van der Waals surface area (Å²) in [6.45, 7) is 0. The lowest BCUT2D eigenvalue weighted by molar-refractivity contribution is 0.146. The molecule has 1 heterocycles. The summed E-state index contributed by atoms with van der Waals surface area (Å²) in [7, 11) is 0. The molecule has 0 fully saturated rings. The van der Waals surface area contributed by atoms with Crippen molar-refractivity contribution in [2.75, 3.05) is 0 Å². The average Bonchev–Trinajstić information content (AvgIpc) is 2.15. The van der Waals surface area contributed by atoms with Crippen LogP contribution in [0.25, 0.3) is 0 Å². The number of hydrogen-bond acceptors (Lipinski definition) is 3. The molecule has 1 aromatic heterocycles. The van der Waals surface area contributed by atoms with E-state index in [9.17, 15) is 4.79 Å². The molecule has 1 rings (SSSR count). The monoisotopic (exact) mass is 144 g/mol. The number of carbonyl (C=O) groups is 1. The van der Waals surface area contributed by atoms with Crippen molar-refractivity contribution < 1.29 is 14.6 Å². The topological polar surface area (TPSA) is 46.5 Å². The second-order valence-corrected chi connectivity index (χ2v) is 2.21. The van der Waals surface area contributed by atoms with Crippen LogP contribution in [0.5, 0.6) is 5.06 Å². The molecule has 1 N–H and O–H groups in total. The van der Waals surface area contributed by atoms with Gasteiger partial charge in [-0.05, 0) is 17.5 Å². The molecule has 0 atom stereocenters. The van der Waals surface area contributed by atoms with Crippen molar-refractivity contribution in [1.82, 2.24) is 0 Å². The minimum Gasteiger partial charge on any atom is -0.449 e. The van der Waals surface area contributed by atoms with Crippen LogP contribution < -0.4 is 4.74 Å². The molecular weight excluding hydrogens is 140 g/mol. The molecule has 0 aliphatic rings. The molecule has 0 spiro atoms. The molecule has 0 unspecified atom stereocenters. The average molecular weight is 144 g/mol. The summed E-state index contributed by atoms with van der Waals surface area (Å²) >= 11 is 1.25. The summed E-state index contributed by atoms with van der Waals surface area (Å²) in [5, 5.41) is 10.2. The lowest BCUT2D eigenvalue weighted by atomic mass is 10.7. The SMILES string of the molecule is O=C(O)Oc1cccs1. The fourth-order valence-electron chi connectivity index (χ4n) is 0.408. The predicted molar refractivity (Wildman–Crippen MR) is 33.0 cm³/mol. The molecule has 0 saturated carbocycles. The Kier molecular flexibility index (Phi) is 1.69. The number of rotatable bonds is 1. The van der Waals surface area contributed by atoms with Gasteiger partial charge in [-0.1, -0.05) is 0 Å². The normalized spacial score (nSPS) is 8.89. The molecule has 1 aromatic rings. The Morgan fingerprint density at radius 3 is 3.00 bits per heavy atom. The molecule has 0 aromatic carbocycles. The lowest BCUT2D eigenvalue weighted by Crippen LogP contribution is -2.00. The largest absolute Gasteiger partial charge is 0.512 e. The van der Waals surface area contributed by atoms with Crippen molar-refractivity contribution in [3.8, 4) is 5.06 Å². The van der Waals surface area contributed by atoms with Gasteiger partial charge in [-0.15, -0.1) is 11.3 Å². The van der Waals surface area contributed by atoms with Gasteiger partial charge in [0.2, 0.25) is 0 Å². The molecule has 0 amide bonds. The summed E-state index contributed by atoms with van der Waals surface area (Å²) in [5.41, 5.74) is 0. The van der Waals surface area contributed by atoms with Crippen LogP contribution in [0, 0.1) is 0 Å². The Balaban J connectivity index is 2.58. The zero-order chi connectivity index (χ0) is 6.69. The van der Waals surface area contributed by atoms with E-state index in [0.717, 1.165) is 0 Å². The van der Waals surface area contributed by atoms with E-state index in [1.54, 1.807) is 17.5 Å². The Bertz CT molecular complexity index is 192. The maximum absolute atomic E-state index is 9.85. The summed E-state index contributed by atoms with van der Waals surface area (Å²) in [6.07, 6.45) is -1.27. The van der Waals surface area contributed by atoms with Gasteiger partial charge in [-0.2, -0.15) is 0 Å². The maximum atomic E-state index is 9.85. The van der Waals surface area contributed by atoms with Gasteiger partial charge in [0.15, 0.2) is 5.06 Å². The van der Waals surface area contributed by atoms with Crippen molar-refractivity contribution >= 4 is 17.5 Å². The third kappa shape index (κ3) is 1.73. The van der Waals surface area contributed by atoms with Crippen LogP contribution in [0.3, 0.4) is 0 Å². The van der Waals surface area contributed by atoms with E-state index < -0.39 is 6.16 Å². The third-order valence-corrected chi connectivity index (χ3v) is 1.43. The highest BCUT2D eigenvalue weighted by Crippen LogP contribution is 2.17. The van der Waals surface area contributed by atoms with Crippen LogP contribution >= 0.6 is 11.3 Å². The fraction of sp³-hybridized carbons (Fsp3) is 0. The Morgan fingerprint density at radius 2 is 2.56 bits per heavy atom. The van der Waals surface area contributed by atoms with Crippen LogP contribution in [0.2, 0.25) is 0 Å². The van der Waals surface area contributed by atoms with Crippen molar-refractivity contribution in [2.24, 2.45) is 0 Å². The van der Waals surface area contributed by atoms with E-state index in [2.05, 4.69) is 4.74 Å². The van der Waals surface area contributed by atoms with Gasteiger partial charge in [-0.3, -0.25) is 0 Å². The second kappa shape index (κ2) is 2.50. The molecule has 0 aliphatic heterocycles. The first-order valence-electron chi connectivity index (χ1n) is 2.23. The molecule has 0 radical (unpaired) electrons. The Hall–Kier alpha value is -1.03. The number of ether oxygens (including phenoxy) is 1. The number of hydrogen-bond donors (Lipinski definition) is 1. The van der Waals surface area contributed by atoms with Crippen LogP contribution in [-0.4, -0.2) is 11.3 Å². The van der Waals surface area contributed by atoms with Gasteiger partial charge in [-0.25, -0.2) is 4.79 Å². The number of carboxylic acid groups (broad SMARTS) is 1. The van der Waals surface area contributed by atoms with Crippen LogP contribution in [0.4, 0.5) is 4.79 Å². The van der Waals surface area contributed by atoms with E-state index in [4.69, 9.17) is 5.11 Å². The van der Waals surface area contributed by atoms with E-state index >= 15 is 0 Å². The first-order valence-corrected chi connectivity index (χ1v) is 3.11. The zero-order valence-electron chi connectivity index (χ0n) is 4.40. The van der Waals surface area contributed by atoms with Crippen LogP contribution in [0.15, 0.2) is 17.5 Å². The predicted octanol–water partition coefficient (Wildman–Crippen LogP) is 1.80. The fourth-order valence-corrected chi connectivity index (χ4v) is 0.975. The highest BCUT2D eigenvalue weighted by Gasteiger charge is 1.98. The molecule has 0 saturated heterocycles. The molecular formula is C5H4O3S. The zero-order valence-corrected chi connectivity index (χ0v) is 5.22. The first kappa shape index (κ1) is 6.10. The van der Waals surface area contributed by atoms with E-state index in [1.165, 1.54) is 11.3 Å². The second-order valence-electron chi connectivity index (χ2n) is 1.30. The Morgan fingerprint density at radius 1 is 1.78 bits per heavy atom. The van der Waals surface area contributed by atoms with Gasteiger partial charge in [0.1, 0.15) is 0 Å². The van der Waals surface area contributed by atoms with Crippen LogP contribution in [-0.2, 0) is 0 Å². The van der Waals surface area contributed by atoms with E-state index in [-0.39, 0.29) is 0 Å². The maximum Gasteiger partial charge on any atom is 0.512 e. The highest BCUT2D eigenvalue weighted by molar-refractivity contribution is 7.11. The van der Waals surface area contributed by atoms with E-state index in [1.807, 2.05) is 0 Å². The van der Waals surface area contributed by atoms with Gasteiger partial charge < -0.3 is 9.84 Å². The van der Waals surface area contributed by atoms with Gasteiger partial charge in [0.05, 0.1) is 0 Å². The minimum atomic E-state index is -1.27. The molecule has 9 heavy (non-hydrogen) atoms. The lowest BCUT2D eigenvalue weighted by Gasteiger charge is -1.89. The summed E-state index contributed by atoms with van der Waals surface area (Å²) in [6, 6.07) is 3.32. The van der Waals surface area contributed by atoms with Gasteiger partial charge >= 0.3 is 6.16 Å². The summed E-state index contributed by atoms with van der Waals surface area (Å²) in [5.74, 6) is 0. The molecule has 48 valence electrons. The molecule has 4 heteroatoms. The molecule has 3 nitrogen and oxygen atoms in total. The summed E-state index contributed by atoms with van der Waals surface area (Å²) in [4.78, 5) is 9.85. The van der Waals surface area contributed by atoms with Crippen LogP contribution in [0.1, 0.15) is 0 Å². The van der Waals surface area contributed by atoms with Crippen molar-refractivity contribution in [3.05, 3.63) is 17.5 Å². The van der Waals surface area contributed by atoms with Gasteiger partial charge in [0, 0.05) is 0 Å². The smallest absolute Gasteiger partial charge is 0.449 e. The van der Waals surface area contributed by atoms with E-state index in [0.29, 0.717) is 5.06 Å².